The molecule has 0 unspecified atom stereocenters. The maximum absolute atomic E-state index is 12.9. The van der Waals surface area contributed by atoms with Crippen LogP contribution in [0.5, 0.6) is 0 Å². The van der Waals surface area contributed by atoms with Gasteiger partial charge in [-0.1, -0.05) is 17.8 Å². The lowest BCUT2D eigenvalue weighted by Crippen LogP contribution is -2.49. The lowest BCUT2D eigenvalue weighted by Gasteiger charge is -2.44. The zero-order valence-electron chi connectivity index (χ0n) is 15.2. The standard InChI is InChI=1S/C18H23N5O2S/c1-3-4-14-15(26-22-21-14)17(24)23-8-6-18(7-9-23)16-13(5-10-25-18)11-19-12(2)20-16/h11H,3-10H2,1-2H3. The Bertz CT molecular complexity index is 814. The summed E-state index contributed by atoms with van der Waals surface area (Å²) < 4.78 is 10.2. The molecule has 4 heterocycles. The van der Waals surface area contributed by atoms with Gasteiger partial charge in [0.25, 0.3) is 5.91 Å². The first-order valence-electron chi connectivity index (χ1n) is 9.20. The minimum absolute atomic E-state index is 0.0493. The zero-order valence-corrected chi connectivity index (χ0v) is 16.0. The number of likely N-dealkylation sites (tertiary alicyclic amines) is 1. The van der Waals surface area contributed by atoms with Crippen molar-refractivity contribution in [2.75, 3.05) is 19.7 Å². The molecule has 2 aliphatic rings. The molecular weight excluding hydrogens is 350 g/mol. The molecule has 2 aliphatic heterocycles. The highest BCUT2D eigenvalue weighted by atomic mass is 32.1. The Morgan fingerprint density at radius 2 is 2.19 bits per heavy atom. The van der Waals surface area contributed by atoms with Gasteiger partial charge < -0.3 is 9.64 Å². The van der Waals surface area contributed by atoms with Crippen LogP contribution in [0, 0.1) is 6.92 Å². The molecule has 0 N–H and O–H groups in total. The summed E-state index contributed by atoms with van der Waals surface area (Å²) in [4.78, 5) is 24.5. The van der Waals surface area contributed by atoms with Crippen molar-refractivity contribution in [1.29, 1.82) is 0 Å². The first-order valence-corrected chi connectivity index (χ1v) is 9.98. The fourth-order valence-corrected chi connectivity index (χ4v) is 4.54. The maximum Gasteiger partial charge on any atom is 0.267 e. The molecule has 138 valence electrons. The molecule has 2 aromatic rings. The zero-order chi connectivity index (χ0) is 18.1. The Morgan fingerprint density at radius 3 is 2.96 bits per heavy atom. The highest BCUT2D eigenvalue weighted by molar-refractivity contribution is 7.08. The van der Waals surface area contributed by atoms with Gasteiger partial charge in [0, 0.05) is 19.3 Å². The second-order valence-electron chi connectivity index (χ2n) is 6.97. The highest BCUT2D eigenvalue weighted by Crippen LogP contribution is 2.40. The lowest BCUT2D eigenvalue weighted by molar-refractivity contribution is -0.0968. The maximum atomic E-state index is 12.9. The van der Waals surface area contributed by atoms with Crippen molar-refractivity contribution in [3.8, 4) is 0 Å². The number of aromatic nitrogens is 4. The molecule has 0 radical (unpaired) electrons. The first-order chi connectivity index (χ1) is 12.6. The summed E-state index contributed by atoms with van der Waals surface area (Å²) in [6.07, 6.45) is 6.06. The third kappa shape index (κ3) is 3.01. The number of rotatable bonds is 3. The molecule has 1 amide bonds. The number of carbonyl (C=O) groups is 1. The van der Waals surface area contributed by atoms with Gasteiger partial charge in [-0.3, -0.25) is 4.79 Å². The fraction of sp³-hybridized carbons (Fsp3) is 0.611. The minimum Gasteiger partial charge on any atom is -0.368 e. The number of piperidine rings is 1. The SMILES string of the molecule is CCCc1nnsc1C(=O)N1CCC2(CC1)OCCc1cnc(C)nc12. The number of carbonyl (C=O) groups excluding carboxylic acids is 1. The van der Waals surface area contributed by atoms with Crippen molar-refractivity contribution in [2.45, 2.75) is 51.6 Å². The summed E-state index contributed by atoms with van der Waals surface area (Å²) >= 11 is 1.20. The Morgan fingerprint density at radius 1 is 1.38 bits per heavy atom. The summed E-state index contributed by atoms with van der Waals surface area (Å²) in [7, 11) is 0. The predicted octanol–water partition coefficient (Wildman–Crippen LogP) is 2.29. The molecule has 1 saturated heterocycles. The molecular formula is C18H23N5O2S. The van der Waals surface area contributed by atoms with Crippen LogP contribution in [-0.2, 0) is 23.2 Å². The van der Waals surface area contributed by atoms with Gasteiger partial charge in [-0.2, -0.15) is 0 Å². The summed E-state index contributed by atoms with van der Waals surface area (Å²) in [5.74, 6) is 0.820. The Hall–Kier alpha value is -1.93. The van der Waals surface area contributed by atoms with Gasteiger partial charge in [-0.25, -0.2) is 9.97 Å². The van der Waals surface area contributed by atoms with Crippen molar-refractivity contribution >= 4 is 17.4 Å². The average Bonchev–Trinajstić information content (AvgIpc) is 3.11. The third-order valence-corrected chi connectivity index (χ3v) is 6.02. The number of aryl methyl sites for hydroxylation is 2. The second-order valence-corrected chi connectivity index (χ2v) is 7.73. The van der Waals surface area contributed by atoms with E-state index in [1.54, 1.807) is 0 Å². The molecule has 0 atom stereocenters. The van der Waals surface area contributed by atoms with E-state index < -0.39 is 0 Å². The van der Waals surface area contributed by atoms with E-state index in [1.165, 1.54) is 17.1 Å². The van der Waals surface area contributed by atoms with Crippen molar-refractivity contribution in [1.82, 2.24) is 24.5 Å². The predicted molar refractivity (Wildman–Crippen MR) is 97.1 cm³/mol. The molecule has 0 saturated carbocycles. The van der Waals surface area contributed by atoms with Gasteiger partial charge in [0.1, 0.15) is 16.3 Å². The molecule has 0 bridgehead atoms. The Balaban J connectivity index is 1.52. The Kier molecular flexibility index (Phi) is 4.71. The second kappa shape index (κ2) is 7.00. The third-order valence-electron chi connectivity index (χ3n) is 5.26. The highest BCUT2D eigenvalue weighted by Gasteiger charge is 2.43. The summed E-state index contributed by atoms with van der Waals surface area (Å²) in [5, 5.41) is 4.12. The summed E-state index contributed by atoms with van der Waals surface area (Å²) in [6.45, 7) is 6.00. The van der Waals surface area contributed by atoms with E-state index in [9.17, 15) is 4.79 Å². The van der Waals surface area contributed by atoms with E-state index in [2.05, 4.69) is 21.5 Å². The number of amides is 1. The van der Waals surface area contributed by atoms with Gasteiger partial charge in [-0.15, -0.1) is 5.10 Å². The number of hydrogen-bond acceptors (Lipinski definition) is 7. The number of nitrogens with zero attached hydrogens (tertiary/aromatic N) is 5. The van der Waals surface area contributed by atoms with Crippen LogP contribution in [0.4, 0.5) is 0 Å². The van der Waals surface area contributed by atoms with E-state index in [1.807, 2.05) is 18.0 Å². The van der Waals surface area contributed by atoms with E-state index in [4.69, 9.17) is 9.72 Å². The van der Waals surface area contributed by atoms with Crippen LogP contribution in [0.2, 0.25) is 0 Å². The van der Waals surface area contributed by atoms with Crippen LogP contribution in [0.3, 0.4) is 0 Å². The summed E-state index contributed by atoms with van der Waals surface area (Å²) in [6, 6.07) is 0. The van der Waals surface area contributed by atoms with E-state index in [0.29, 0.717) is 24.6 Å². The normalized spacial score (nSPS) is 18.8. The van der Waals surface area contributed by atoms with Crippen molar-refractivity contribution in [3.05, 3.63) is 33.8 Å². The van der Waals surface area contributed by atoms with Gasteiger partial charge in [0.05, 0.1) is 18.0 Å². The van der Waals surface area contributed by atoms with Crippen LogP contribution in [0.25, 0.3) is 0 Å². The lowest BCUT2D eigenvalue weighted by atomic mass is 9.83. The minimum atomic E-state index is -0.379. The van der Waals surface area contributed by atoms with E-state index >= 15 is 0 Å². The molecule has 0 aliphatic carbocycles. The topological polar surface area (TPSA) is 81.1 Å². The van der Waals surface area contributed by atoms with Gasteiger partial charge in [-0.05, 0) is 49.7 Å². The number of ether oxygens (including phenoxy) is 1. The van der Waals surface area contributed by atoms with Crippen LogP contribution in [-0.4, -0.2) is 50.1 Å². The molecule has 7 nitrogen and oxygen atoms in total. The number of hydrogen-bond donors (Lipinski definition) is 0. The quantitative estimate of drug-likeness (QED) is 0.821. The van der Waals surface area contributed by atoms with E-state index in [0.717, 1.165) is 49.3 Å². The molecule has 1 fully saturated rings. The van der Waals surface area contributed by atoms with Crippen molar-refractivity contribution in [3.63, 3.8) is 0 Å². The monoisotopic (exact) mass is 373 g/mol. The molecule has 1 spiro atoms. The van der Waals surface area contributed by atoms with Gasteiger partial charge in [0.15, 0.2) is 0 Å². The first kappa shape index (κ1) is 17.5. The smallest absolute Gasteiger partial charge is 0.267 e. The Labute approximate surface area is 157 Å². The van der Waals surface area contributed by atoms with Crippen molar-refractivity contribution in [2.24, 2.45) is 0 Å². The van der Waals surface area contributed by atoms with Crippen LogP contribution in [0.1, 0.15) is 58.6 Å². The van der Waals surface area contributed by atoms with E-state index in [-0.39, 0.29) is 11.5 Å². The molecule has 8 heteroatoms. The van der Waals surface area contributed by atoms with Crippen LogP contribution < -0.4 is 0 Å². The van der Waals surface area contributed by atoms with Gasteiger partial charge >= 0.3 is 0 Å². The summed E-state index contributed by atoms with van der Waals surface area (Å²) in [5.41, 5.74) is 2.65. The molecule has 26 heavy (non-hydrogen) atoms. The van der Waals surface area contributed by atoms with Crippen molar-refractivity contribution < 1.29 is 9.53 Å². The molecule has 0 aromatic carbocycles. The largest absolute Gasteiger partial charge is 0.368 e. The van der Waals surface area contributed by atoms with Gasteiger partial charge in [0.2, 0.25) is 0 Å². The average molecular weight is 373 g/mol. The molecule has 4 rings (SSSR count). The van der Waals surface area contributed by atoms with Crippen LogP contribution in [0.15, 0.2) is 6.20 Å². The number of fused-ring (bicyclic) bond motifs is 2. The molecule has 2 aromatic heterocycles. The fourth-order valence-electron chi connectivity index (χ4n) is 3.86. The van der Waals surface area contributed by atoms with Crippen LogP contribution >= 0.6 is 11.5 Å².